The molecule has 3 rings (SSSR count). The lowest BCUT2D eigenvalue weighted by molar-refractivity contribution is 0.0647. The summed E-state index contributed by atoms with van der Waals surface area (Å²) in [7, 11) is 4.74. The quantitative estimate of drug-likeness (QED) is 0.736. The zero-order chi connectivity index (χ0) is 20.3. The van der Waals surface area contributed by atoms with Crippen molar-refractivity contribution < 1.29 is 19.0 Å². The van der Waals surface area contributed by atoms with Crippen molar-refractivity contribution in [2.24, 2.45) is 0 Å². The van der Waals surface area contributed by atoms with Gasteiger partial charge in [-0.15, -0.1) is 11.3 Å². The molecule has 0 unspecified atom stereocenters. The van der Waals surface area contributed by atoms with Gasteiger partial charge in [0.1, 0.15) is 9.88 Å². The number of ether oxygens (including phenoxy) is 3. The van der Waals surface area contributed by atoms with E-state index < -0.39 is 0 Å². The zero-order valence-corrected chi connectivity index (χ0v) is 17.9. The second-order valence-electron chi connectivity index (χ2n) is 6.57. The normalized spacial score (nSPS) is 14.8. The molecule has 1 aromatic heterocycles. The Labute approximate surface area is 169 Å². The monoisotopic (exact) mass is 405 g/mol. The molecule has 8 heteroatoms. The Balaban J connectivity index is 1.89. The molecule has 152 valence electrons. The number of aromatic nitrogens is 1. The lowest BCUT2D eigenvalue weighted by Gasteiger charge is -2.33. The molecule has 2 aromatic rings. The third-order valence-electron chi connectivity index (χ3n) is 5.01. The third kappa shape index (κ3) is 3.93. The topological polar surface area (TPSA) is 64.1 Å². The summed E-state index contributed by atoms with van der Waals surface area (Å²) in [6.45, 7) is 8.39. The van der Waals surface area contributed by atoms with Crippen LogP contribution >= 0.6 is 11.3 Å². The highest BCUT2D eigenvalue weighted by Crippen LogP contribution is 2.42. The standard InChI is InChI=1S/C20H27N3O4S/c1-6-22-7-9-23(10-8-22)20(24)18-13(2)21-19(28-18)14-11-15(25-3)17(27-5)16(12-14)26-4/h11-12H,6-10H2,1-5H3. The Morgan fingerprint density at radius 3 is 2.18 bits per heavy atom. The molecule has 0 aliphatic carbocycles. The summed E-state index contributed by atoms with van der Waals surface area (Å²) in [6.07, 6.45) is 0. The van der Waals surface area contributed by atoms with E-state index in [-0.39, 0.29) is 5.91 Å². The third-order valence-corrected chi connectivity index (χ3v) is 6.20. The Kier molecular flexibility index (Phi) is 6.41. The minimum atomic E-state index is 0.0597. The SMILES string of the molecule is CCN1CCN(C(=O)c2sc(-c3cc(OC)c(OC)c(OC)c3)nc2C)CC1. The van der Waals surface area contributed by atoms with Gasteiger partial charge in [-0.2, -0.15) is 0 Å². The van der Waals surface area contributed by atoms with E-state index in [9.17, 15) is 4.79 Å². The van der Waals surface area contributed by atoms with Crippen molar-refractivity contribution in [3.05, 3.63) is 22.7 Å². The Morgan fingerprint density at radius 2 is 1.68 bits per heavy atom. The molecule has 1 fully saturated rings. The molecule has 1 amide bonds. The number of thiazole rings is 1. The number of benzene rings is 1. The number of methoxy groups -OCH3 is 3. The van der Waals surface area contributed by atoms with E-state index in [4.69, 9.17) is 14.2 Å². The van der Waals surface area contributed by atoms with Crippen LogP contribution in [0.4, 0.5) is 0 Å². The van der Waals surface area contributed by atoms with Crippen molar-refractivity contribution in [3.63, 3.8) is 0 Å². The van der Waals surface area contributed by atoms with Crippen molar-refractivity contribution in [2.45, 2.75) is 13.8 Å². The van der Waals surface area contributed by atoms with Crippen molar-refractivity contribution in [3.8, 4) is 27.8 Å². The van der Waals surface area contributed by atoms with Crippen LogP contribution in [0.1, 0.15) is 22.3 Å². The van der Waals surface area contributed by atoms with Gasteiger partial charge < -0.3 is 24.0 Å². The van der Waals surface area contributed by atoms with Gasteiger partial charge in [0.05, 0.1) is 27.0 Å². The number of rotatable bonds is 6. The minimum Gasteiger partial charge on any atom is -0.493 e. The number of likely N-dealkylation sites (N-methyl/N-ethyl adjacent to an activating group) is 1. The Bertz CT molecular complexity index is 819. The summed E-state index contributed by atoms with van der Waals surface area (Å²) in [5.41, 5.74) is 1.58. The molecule has 0 bridgehead atoms. The van der Waals surface area contributed by atoms with Crippen LogP contribution in [0.2, 0.25) is 0 Å². The van der Waals surface area contributed by atoms with Gasteiger partial charge in [0, 0.05) is 31.7 Å². The average molecular weight is 406 g/mol. The second-order valence-corrected chi connectivity index (χ2v) is 7.57. The highest BCUT2D eigenvalue weighted by Gasteiger charge is 2.26. The minimum absolute atomic E-state index is 0.0597. The van der Waals surface area contributed by atoms with Crippen molar-refractivity contribution >= 4 is 17.2 Å². The number of amides is 1. The van der Waals surface area contributed by atoms with Crippen LogP contribution in [0, 0.1) is 6.92 Å². The number of carbonyl (C=O) groups excluding carboxylic acids is 1. The largest absolute Gasteiger partial charge is 0.493 e. The van der Waals surface area contributed by atoms with Crippen LogP contribution in [0.25, 0.3) is 10.6 Å². The van der Waals surface area contributed by atoms with Crippen LogP contribution in [-0.4, -0.2) is 74.7 Å². The predicted molar refractivity (Wildman–Crippen MR) is 110 cm³/mol. The highest BCUT2D eigenvalue weighted by atomic mass is 32.1. The lowest BCUT2D eigenvalue weighted by atomic mass is 10.2. The number of piperazine rings is 1. The predicted octanol–water partition coefficient (Wildman–Crippen LogP) is 2.92. The summed E-state index contributed by atoms with van der Waals surface area (Å²) in [5.74, 6) is 1.72. The van der Waals surface area contributed by atoms with Crippen molar-refractivity contribution in [2.75, 3.05) is 54.1 Å². The molecule has 1 aliphatic heterocycles. The molecule has 0 N–H and O–H groups in total. The van der Waals surface area contributed by atoms with Crippen LogP contribution in [0.15, 0.2) is 12.1 Å². The summed E-state index contributed by atoms with van der Waals surface area (Å²) >= 11 is 1.40. The molecule has 0 spiro atoms. The highest BCUT2D eigenvalue weighted by molar-refractivity contribution is 7.17. The van der Waals surface area contributed by atoms with Gasteiger partial charge in [0.25, 0.3) is 5.91 Å². The number of hydrogen-bond acceptors (Lipinski definition) is 7. The van der Waals surface area contributed by atoms with E-state index in [2.05, 4.69) is 16.8 Å². The van der Waals surface area contributed by atoms with Gasteiger partial charge in [-0.3, -0.25) is 4.79 Å². The summed E-state index contributed by atoms with van der Waals surface area (Å²) in [5, 5.41) is 0.757. The van der Waals surface area contributed by atoms with Crippen LogP contribution in [0.5, 0.6) is 17.2 Å². The molecule has 0 atom stereocenters. The maximum Gasteiger partial charge on any atom is 0.265 e. The molecule has 1 saturated heterocycles. The Morgan fingerprint density at radius 1 is 1.07 bits per heavy atom. The first kappa shape index (κ1) is 20.4. The fourth-order valence-corrected chi connectivity index (χ4v) is 4.36. The first-order valence-electron chi connectivity index (χ1n) is 9.31. The van der Waals surface area contributed by atoms with E-state index in [0.29, 0.717) is 22.1 Å². The number of aryl methyl sites for hydroxylation is 1. The summed E-state index contributed by atoms with van der Waals surface area (Å²) < 4.78 is 16.2. The molecule has 0 radical (unpaired) electrons. The van der Waals surface area contributed by atoms with Crippen LogP contribution in [0.3, 0.4) is 0 Å². The lowest BCUT2D eigenvalue weighted by Crippen LogP contribution is -2.48. The van der Waals surface area contributed by atoms with Crippen molar-refractivity contribution in [1.29, 1.82) is 0 Å². The van der Waals surface area contributed by atoms with Crippen LogP contribution < -0.4 is 14.2 Å². The van der Waals surface area contributed by atoms with Crippen molar-refractivity contribution in [1.82, 2.24) is 14.8 Å². The van der Waals surface area contributed by atoms with Crippen LogP contribution in [-0.2, 0) is 0 Å². The van der Waals surface area contributed by atoms with Gasteiger partial charge in [-0.05, 0) is 25.6 Å². The molecule has 7 nitrogen and oxygen atoms in total. The van der Waals surface area contributed by atoms with E-state index >= 15 is 0 Å². The Hall–Kier alpha value is -2.32. The van der Waals surface area contributed by atoms with E-state index in [1.807, 2.05) is 24.0 Å². The molecule has 1 aromatic carbocycles. The van der Waals surface area contributed by atoms with Gasteiger partial charge in [-0.1, -0.05) is 6.92 Å². The van der Waals surface area contributed by atoms with E-state index in [1.54, 1.807) is 21.3 Å². The zero-order valence-electron chi connectivity index (χ0n) is 17.1. The number of carbonyl (C=O) groups is 1. The average Bonchev–Trinajstić information content (AvgIpc) is 3.13. The molecule has 1 aliphatic rings. The fourth-order valence-electron chi connectivity index (χ4n) is 3.33. The smallest absolute Gasteiger partial charge is 0.265 e. The molecular formula is C20H27N3O4S. The fraction of sp³-hybridized carbons (Fsp3) is 0.500. The molecule has 28 heavy (non-hydrogen) atoms. The number of hydrogen-bond donors (Lipinski definition) is 0. The molecule has 0 saturated carbocycles. The molecular weight excluding hydrogens is 378 g/mol. The molecule has 2 heterocycles. The first-order chi connectivity index (χ1) is 13.5. The number of nitrogens with zero attached hydrogens (tertiary/aromatic N) is 3. The second kappa shape index (κ2) is 8.79. The maximum atomic E-state index is 13.0. The van der Waals surface area contributed by atoms with E-state index in [0.717, 1.165) is 49.0 Å². The first-order valence-corrected chi connectivity index (χ1v) is 10.1. The van der Waals surface area contributed by atoms with Gasteiger partial charge >= 0.3 is 0 Å². The summed E-state index contributed by atoms with van der Waals surface area (Å²) in [6, 6.07) is 3.71. The van der Waals surface area contributed by atoms with Gasteiger partial charge in [-0.25, -0.2) is 4.98 Å². The summed E-state index contributed by atoms with van der Waals surface area (Å²) in [4.78, 5) is 22.6. The van der Waals surface area contributed by atoms with Gasteiger partial charge in [0.15, 0.2) is 11.5 Å². The maximum absolute atomic E-state index is 13.0. The van der Waals surface area contributed by atoms with Gasteiger partial charge in [0.2, 0.25) is 5.75 Å². The van der Waals surface area contributed by atoms with E-state index in [1.165, 1.54) is 11.3 Å².